The predicted molar refractivity (Wildman–Crippen MR) is 51.0 cm³/mol. The number of hydrogen-bond acceptors (Lipinski definition) is 0. The molecule has 0 aromatic rings. The molecule has 4 saturated carbocycles. The van der Waals surface area contributed by atoms with Crippen molar-refractivity contribution < 1.29 is 0 Å². The molecule has 13 heavy (non-hydrogen) atoms. The average molecular weight is 172 g/mol. The van der Waals surface area contributed by atoms with E-state index in [0.29, 0.717) is 0 Å². The lowest BCUT2D eigenvalue weighted by atomic mass is 9.79. The first kappa shape index (κ1) is 6.27. The summed E-state index contributed by atoms with van der Waals surface area (Å²) in [7, 11) is 0. The van der Waals surface area contributed by atoms with E-state index in [-0.39, 0.29) is 0 Å². The van der Waals surface area contributed by atoms with Gasteiger partial charge in [-0.1, -0.05) is 11.6 Å². The number of hydrogen-bond donors (Lipinski definition) is 0. The molecule has 4 bridgehead atoms. The summed E-state index contributed by atoms with van der Waals surface area (Å²) >= 11 is 0. The molecule has 0 spiro atoms. The number of fused-ring (bicyclic) bond motifs is 2. The molecule has 0 nitrogen and oxygen atoms in total. The van der Waals surface area contributed by atoms with Crippen LogP contribution in [0.3, 0.4) is 0 Å². The molecule has 0 aromatic heterocycles. The lowest BCUT2D eigenvalue weighted by Gasteiger charge is -2.26. The van der Waals surface area contributed by atoms with Crippen molar-refractivity contribution in [1.29, 1.82) is 0 Å². The van der Waals surface area contributed by atoms with E-state index in [4.69, 9.17) is 0 Å². The fourth-order valence-electron chi connectivity index (χ4n) is 5.06. The van der Waals surface area contributed by atoms with Crippen molar-refractivity contribution in [2.24, 2.45) is 41.4 Å². The Morgan fingerprint density at radius 1 is 1.00 bits per heavy atom. The molecule has 6 atom stereocenters. The Hall–Kier alpha value is -0.260. The van der Waals surface area contributed by atoms with Crippen LogP contribution in [0, 0.1) is 41.4 Å². The van der Waals surface area contributed by atoms with Gasteiger partial charge in [0.25, 0.3) is 0 Å². The monoisotopic (exact) mass is 172 g/mol. The lowest BCUT2D eigenvalue weighted by molar-refractivity contribution is 0.372. The Bertz CT molecular complexity index is 317. The zero-order valence-electron chi connectivity index (χ0n) is 7.95. The van der Waals surface area contributed by atoms with Crippen molar-refractivity contribution in [3.8, 4) is 0 Å². The van der Waals surface area contributed by atoms with Gasteiger partial charge in [0.05, 0.1) is 0 Å². The van der Waals surface area contributed by atoms with Crippen molar-refractivity contribution in [3.05, 3.63) is 11.6 Å². The first-order chi connectivity index (χ1) is 6.43. The highest BCUT2D eigenvalue weighted by Gasteiger charge is 2.65. The van der Waals surface area contributed by atoms with Gasteiger partial charge in [-0.2, -0.15) is 0 Å². The van der Waals surface area contributed by atoms with Gasteiger partial charge in [0, 0.05) is 0 Å². The summed E-state index contributed by atoms with van der Waals surface area (Å²) in [6, 6.07) is 0. The topological polar surface area (TPSA) is 0 Å². The predicted octanol–water partition coefficient (Wildman–Crippen LogP) is 2.85. The molecule has 0 aromatic carbocycles. The maximum absolute atomic E-state index is 2.68. The molecule has 0 aliphatic heterocycles. The molecule has 6 aliphatic rings. The van der Waals surface area contributed by atoms with Gasteiger partial charge in [-0.05, 0) is 67.1 Å². The van der Waals surface area contributed by atoms with E-state index in [1.165, 1.54) is 30.1 Å². The fourth-order valence-corrected chi connectivity index (χ4v) is 5.06. The van der Waals surface area contributed by atoms with Crippen LogP contribution in [0.2, 0.25) is 0 Å². The van der Waals surface area contributed by atoms with Gasteiger partial charge in [-0.3, -0.25) is 0 Å². The number of rotatable bonds is 1. The Morgan fingerprint density at radius 3 is 2.31 bits per heavy atom. The SMILES string of the molecule is C1=C2CC3C1C3CC2C1C2CCC21. The highest BCUT2D eigenvalue weighted by Crippen LogP contribution is 2.73. The van der Waals surface area contributed by atoms with E-state index in [0.717, 1.165) is 17.8 Å². The van der Waals surface area contributed by atoms with Crippen LogP contribution in [0.1, 0.15) is 25.7 Å². The van der Waals surface area contributed by atoms with Gasteiger partial charge < -0.3 is 0 Å². The summed E-state index contributed by atoms with van der Waals surface area (Å²) in [5, 5.41) is 0. The van der Waals surface area contributed by atoms with Crippen LogP contribution in [-0.4, -0.2) is 0 Å². The van der Waals surface area contributed by atoms with Gasteiger partial charge >= 0.3 is 0 Å². The van der Waals surface area contributed by atoms with E-state index >= 15 is 0 Å². The zero-order valence-corrected chi connectivity index (χ0v) is 7.95. The molecular weight excluding hydrogens is 156 g/mol. The van der Waals surface area contributed by atoms with Gasteiger partial charge in [-0.25, -0.2) is 0 Å². The van der Waals surface area contributed by atoms with Crippen molar-refractivity contribution in [2.75, 3.05) is 0 Å². The van der Waals surface area contributed by atoms with Crippen molar-refractivity contribution in [2.45, 2.75) is 25.7 Å². The fraction of sp³-hybridized carbons (Fsp3) is 0.846. The Kier molecular flexibility index (Phi) is 0.790. The molecular formula is C13H16. The van der Waals surface area contributed by atoms with E-state index in [1.807, 2.05) is 5.57 Å². The van der Waals surface area contributed by atoms with Crippen LogP contribution in [-0.2, 0) is 0 Å². The largest absolute Gasteiger partial charge is 0.0813 e. The van der Waals surface area contributed by atoms with Gasteiger partial charge in [0.1, 0.15) is 0 Å². The Balaban J connectivity index is 1.51. The second kappa shape index (κ2) is 1.64. The van der Waals surface area contributed by atoms with Gasteiger partial charge in [0.2, 0.25) is 0 Å². The minimum Gasteiger partial charge on any atom is -0.0813 e. The van der Waals surface area contributed by atoms with Crippen molar-refractivity contribution in [1.82, 2.24) is 0 Å². The molecule has 68 valence electrons. The Labute approximate surface area is 79.4 Å². The summed E-state index contributed by atoms with van der Waals surface area (Å²) in [5.41, 5.74) is 1.91. The number of allylic oxidation sites excluding steroid dienone is 2. The highest BCUT2D eigenvalue weighted by molar-refractivity contribution is 5.34. The van der Waals surface area contributed by atoms with E-state index < -0.39 is 0 Å². The third-order valence-corrected chi connectivity index (χ3v) is 5.97. The van der Waals surface area contributed by atoms with Crippen LogP contribution in [0.15, 0.2) is 11.6 Å². The van der Waals surface area contributed by atoms with Gasteiger partial charge in [-0.15, -0.1) is 0 Å². The van der Waals surface area contributed by atoms with E-state index in [1.54, 1.807) is 19.3 Å². The van der Waals surface area contributed by atoms with Crippen molar-refractivity contribution in [3.63, 3.8) is 0 Å². The molecule has 6 unspecified atom stereocenters. The second-order valence-electron chi connectivity index (χ2n) is 6.18. The Morgan fingerprint density at radius 2 is 1.85 bits per heavy atom. The molecule has 0 heterocycles. The molecule has 0 amide bonds. The van der Waals surface area contributed by atoms with Crippen LogP contribution < -0.4 is 0 Å². The molecule has 0 heteroatoms. The third kappa shape index (κ3) is 0.556. The first-order valence-corrected chi connectivity index (χ1v) is 6.14. The molecule has 6 rings (SSSR count). The maximum atomic E-state index is 2.68. The second-order valence-corrected chi connectivity index (χ2v) is 6.18. The summed E-state index contributed by atoms with van der Waals surface area (Å²) in [4.78, 5) is 0. The van der Waals surface area contributed by atoms with Crippen LogP contribution >= 0.6 is 0 Å². The quantitative estimate of drug-likeness (QED) is 0.533. The minimum atomic E-state index is 1.09. The molecule has 0 radical (unpaired) electrons. The average Bonchev–Trinajstić information content (AvgIpc) is 2.84. The maximum Gasteiger partial charge on any atom is -0.0165 e. The lowest BCUT2D eigenvalue weighted by Crippen LogP contribution is -2.16. The zero-order chi connectivity index (χ0) is 8.15. The van der Waals surface area contributed by atoms with E-state index in [9.17, 15) is 0 Å². The third-order valence-electron chi connectivity index (χ3n) is 5.97. The van der Waals surface area contributed by atoms with Crippen LogP contribution in [0.25, 0.3) is 0 Å². The highest BCUT2D eigenvalue weighted by atomic mass is 14.7. The van der Waals surface area contributed by atoms with Crippen molar-refractivity contribution >= 4 is 0 Å². The van der Waals surface area contributed by atoms with E-state index in [2.05, 4.69) is 6.08 Å². The summed E-state index contributed by atoms with van der Waals surface area (Å²) in [5.74, 6) is 8.11. The summed E-state index contributed by atoms with van der Waals surface area (Å²) < 4.78 is 0. The van der Waals surface area contributed by atoms with Crippen LogP contribution in [0.4, 0.5) is 0 Å². The normalized spacial score (nSPS) is 69.5. The minimum absolute atomic E-state index is 1.09. The molecule has 0 N–H and O–H groups in total. The summed E-state index contributed by atoms with van der Waals surface area (Å²) in [6.07, 6.45) is 8.98. The van der Waals surface area contributed by atoms with Crippen LogP contribution in [0.5, 0.6) is 0 Å². The first-order valence-electron chi connectivity index (χ1n) is 6.14. The molecule has 0 saturated heterocycles. The molecule has 4 fully saturated rings. The smallest absolute Gasteiger partial charge is 0.0165 e. The van der Waals surface area contributed by atoms with Gasteiger partial charge in [0.15, 0.2) is 0 Å². The standard InChI is InChI=1S/C13H16/c1-2-8-7(1)13(8)9-5-12-10-3-6(9)4-11(10)12/h3,7-13H,1-2,4-5H2. The molecule has 6 aliphatic carbocycles. The summed E-state index contributed by atoms with van der Waals surface area (Å²) in [6.45, 7) is 0.